The molecule has 0 heterocycles. The highest BCUT2D eigenvalue weighted by atomic mass is 16.5. The molecule has 34 heavy (non-hydrogen) atoms. The number of carbonyl (C=O) groups is 4. The standard InChI is InChI=1S/C28H24O6/c1-3-33-27(31)23-19(17-11-7-5-8-12-17)15-21(29)25(23)26-22(30)16-20(18-13-9-6-10-14-18)24(26)28(32)34-4-2/h5-15,23H,3-4,16H2,1-2H3/b26-25+. The highest BCUT2D eigenvalue weighted by Gasteiger charge is 2.45. The van der Waals surface area contributed by atoms with E-state index < -0.39 is 29.4 Å². The van der Waals surface area contributed by atoms with Crippen LogP contribution in [-0.4, -0.2) is 36.7 Å². The smallest absolute Gasteiger partial charge is 0.339 e. The van der Waals surface area contributed by atoms with Gasteiger partial charge in [0.05, 0.1) is 18.8 Å². The van der Waals surface area contributed by atoms with Gasteiger partial charge in [-0.3, -0.25) is 14.4 Å². The lowest BCUT2D eigenvalue weighted by molar-refractivity contribution is -0.145. The molecule has 0 bridgehead atoms. The monoisotopic (exact) mass is 456 g/mol. The number of rotatable bonds is 6. The molecule has 1 unspecified atom stereocenters. The van der Waals surface area contributed by atoms with Crippen LogP contribution in [0, 0.1) is 5.92 Å². The molecule has 0 saturated carbocycles. The Labute approximate surface area is 197 Å². The maximum absolute atomic E-state index is 13.3. The first-order valence-corrected chi connectivity index (χ1v) is 11.2. The summed E-state index contributed by atoms with van der Waals surface area (Å²) in [7, 11) is 0. The summed E-state index contributed by atoms with van der Waals surface area (Å²) in [5.74, 6) is -3.35. The molecule has 1 atom stereocenters. The number of allylic oxidation sites excluding steroid dienone is 2. The van der Waals surface area contributed by atoms with Crippen LogP contribution in [-0.2, 0) is 28.7 Å². The molecule has 0 aliphatic heterocycles. The molecule has 2 aromatic rings. The van der Waals surface area contributed by atoms with Crippen LogP contribution in [0.2, 0.25) is 0 Å². The van der Waals surface area contributed by atoms with Crippen LogP contribution >= 0.6 is 0 Å². The molecule has 0 N–H and O–H groups in total. The maximum Gasteiger partial charge on any atom is 0.339 e. The summed E-state index contributed by atoms with van der Waals surface area (Å²) in [6.07, 6.45) is 1.29. The Morgan fingerprint density at radius 1 is 0.853 bits per heavy atom. The summed E-state index contributed by atoms with van der Waals surface area (Å²) >= 11 is 0. The Kier molecular flexibility index (Phi) is 6.68. The molecule has 0 saturated heterocycles. The second-order valence-electron chi connectivity index (χ2n) is 7.84. The van der Waals surface area contributed by atoms with E-state index in [1.165, 1.54) is 6.08 Å². The predicted octanol–water partition coefficient (Wildman–Crippen LogP) is 4.12. The van der Waals surface area contributed by atoms with E-state index in [0.717, 1.165) is 0 Å². The molecule has 2 aliphatic carbocycles. The Hall–Kier alpha value is -4.06. The van der Waals surface area contributed by atoms with Gasteiger partial charge in [-0.05, 0) is 42.2 Å². The van der Waals surface area contributed by atoms with E-state index in [1.54, 1.807) is 62.4 Å². The molecule has 6 nitrogen and oxygen atoms in total. The normalized spacial score (nSPS) is 19.9. The molecule has 4 rings (SSSR count). The molecule has 2 aliphatic rings. The van der Waals surface area contributed by atoms with Gasteiger partial charge in [0.2, 0.25) is 0 Å². The minimum Gasteiger partial charge on any atom is -0.465 e. The second kappa shape index (κ2) is 9.83. The van der Waals surface area contributed by atoms with E-state index in [2.05, 4.69) is 0 Å². The van der Waals surface area contributed by atoms with Crippen LogP contribution < -0.4 is 0 Å². The topological polar surface area (TPSA) is 86.7 Å². The SMILES string of the molecule is CCOC(=O)C1=C(c2ccccc2)CC(=O)/C1=C1/C(=O)C=C(c2ccccc2)C1C(=O)OCC. The van der Waals surface area contributed by atoms with Crippen molar-refractivity contribution in [2.75, 3.05) is 13.2 Å². The van der Waals surface area contributed by atoms with Crippen molar-refractivity contribution < 1.29 is 28.7 Å². The van der Waals surface area contributed by atoms with Gasteiger partial charge < -0.3 is 9.47 Å². The average molecular weight is 456 g/mol. The summed E-state index contributed by atoms with van der Waals surface area (Å²) in [5, 5.41) is 0. The van der Waals surface area contributed by atoms with Gasteiger partial charge in [0.15, 0.2) is 11.6 Å². The van der Waals surface area contributed by atoms with Gasteiger partial charge in [-0.15, -0.1) is 0 Å². The van der Waals surface area contributed by atoms with Gasteiger partial charge >= 0.3 is 11.9 Å². The van der Waals surface area contributed by atoms with Crippen LogP contribution in [0.5, 0.6) is 0 Å². The number of benzene rings is 2. The number of ketones is 2. The lowest BCUT2D eigenvalue weighted by Gasteiger charge is -2.18. The molecular formula is C28H24O6. The van der Waals surface area contributed by atoms with E-state index in [-0.39, 0.29) is 36.4 Å². The fourth-order valence-electron chi connectivity index (χ4n) is 4.45. The second-order valence-corrected chi connectivity index (χ2v) is 7.84. The summed E-state index contributed by atoms with van der Waals surface area (Å²) in [4.78, 5) is 52.9. The third-order valence-electron chi connectivity index (χ3n) is 5.82. The van der Waals surface area contributed by atoms with Crippen LogP contribution in [0.25, 0.3) is 11.1 Å². The van der Waals surface area contributed by atoms with Crippen LogP contribution in [0.15, 0.2) is 83.5 Å². The van der Waals surface area contributed by atoms with Crippen LogP contribution in [0.1, 0.15) is 31.4 Å². The van der Waals surface area contributed by atoms with Gasteiger partial charge in [0.1, 0.15) is 5.92 Å². The molecule has 2 aromatic carbocycles. The number of hydrogen-bond donors (Lipinski definition) is 0. The van der Waals surface area contributed by atoms with Gasteiger partial charge in [0.25, 0.3) is 0 Å². The number of ether oxygens (including phenoxy) is 2. The molecule has 0 radical (unpaired) electrons. The Bertz CT molecular complexity index is 1250. The zero-order chi connectivity index (χ0) is 24.2. The van der Waals surface area contributed by atoms with E-state index in [0.29, 0.717) is 22.3 Å². The van der Waals surface area contributed by atoms with E-state index in [4.69, 9.17) is 9.47 Å². The highest BCUT2D eigenvalue weighted by molar-refractivity contribution is 6.30. The first-order chi connectivity index (χ1) is 16.5. The molecule has 172 valence electrons. The molecule has 0 amide bonds. The summed E-state index contributed by atoms with van der Waals surface area (Å²) in [5.41, 5.74) is 2.23. The Morgan fingerprint density at radius 2 is 1.44 bits per heavy atom. The minimum atomic E-state index is -1.12. The van der Waals surface area contributed by atoms with E-state index in [9.17, 15) is 19.2 Å². The molecular weight excluding hydrogens is 432 g/mol. The maximum atomic E-state index is 13.3. The van der Waals surface area contributed by atoms with Crippen LogP contribution in [0.4, 0.5) is 0 Å². The fraction of sp³-hybridized carbons (Fsp3) is 0.214. The molecule has 6 heteroatoms. The molecule has 0 spiro atoms. The Balaban J connectivity index is 1.96. The quantitative estimate of drug-likeness (QED) is 0.480. The zero-order valence-corrected chi connectivity index (χ0v) is 19.0. The number of esters is 2. The van der Waals surface area contributed by atoms with Gasteiger partial charge in [-0.2, -0.15) is 0 Å². The molecule has 0 aromatic heterocycles. The van der Waals surface area contributed by atoms with Crippen molar-refractivity contribution in [1.29, 1.82) is 0 Å². The van der Waals surface area contributed by atoms with Gasteiger partial charge in [0, 0.05) is 17.6 Å². The number of hydrogen-bond acceptors (Lipinski definition) is 6. The fourth-order valence-corrected chi connectivity index (χ4v) is 4.45. The highest BCUT2D eigenvalue weighted by Crippen LogP contribution is 2.45. The number of Topliss-reactive ketones (excluding diaryl/α,β-unsaturated/α-hetero) is 1. The first kappa shape index (κ1) is 23.1. The Morgan fingerprint density at radius 3 is 2.03 bits per heavy atom. The van der Waals surface area contributed by atoms with E-state index in [1.807, 2.05) is 12.1 Å². The largest absolute Gasteiger partial charge is 0.465 e. The van der Waals surface area contributed by atoms with Gasteiger partial charge in [-0.1, -0.05) is 60.7 Å². The van der Waals surface area contributed by atoms with Crippen molar-refractivity contribution in [3.05, 3.63) is 94.6 Å². The van der Waals surface area contributed by atoms with Crippen molar-refractivity contribution in [3.63, 3.8) is 0 Å². The van der Waals surface area contributed by atoms with Crippen molar-refractivity contribution >= 4 is 34.7 Å². The minimum absolute atomic E-state index is 0.0312. The third kappa shape index (κ3) is 4.15. The van der Waals surface area contributed by atoms with Gasteiger partial charge in [-0.25, -0.2) is 4.79 Å². The average Bonchev–Trinajstić information content (AvgIpc) is 3.37. The van der Waals surface area contributed by atoms with Crippen molar-refractivity contribution in [2.45, 2.75) is 20.3 Å². The van der Waals surface area contributed by atoms with Crippen molar-refractivity contribution in [1.82, 2.24) is 0 Å². The lowest BCUT2D eigenvalue weighted by Crippen LogP contribution is -2.24. The van der Waals surface area contributed by atoms with Crippen LogP contribution in [0.3, 0.4) is 0 Å². The molecule has 0 fully saturated rings. The van der Waals surface area contributed by atoms with Crippen molar-refractivity contribution in [3.8, 4) is 0 Å². The van der Waals surface area contributed by atoms with Crippen molar-refractivity contribution in [2.24, 2.45) is 5.92 Å². The summed E-state index contributed by atoms with van der Waals surface area (Å²) in [6.45, 7) is 3.55. The predicted molar refractivity (Wildman–Crippen MR) is 126 cm³/mol. The van der Waals surface area contributed by atoms with E-state index >= 15 is 0 Å². The third-order valence-corrected chi connectivity index (χ3v) is 5.82. The number of carbonyl (C=O) groups excluding carboxylic acids is 4. The summed E-state index contributed by atoms with van der Waals surface area (Å²) < 4.78 is 10.6. The lowest BCUT2D eigenvalue weighted by atomic mass is 9.86. The summed E-state index contributed by atoms with van der Waals surface area (Å²) in [6, 6.07) is 18.0. The zero-order valence-electron chi connectivity index (χ0n) is 19.0. The first-order valence-electron chi connectivity index (χ1n) is 11.2.